The molecule has 0 saturated carbocycles. The molecule has 2 amide bonds. The number of fused-ring (bicyclic) bond motifs is 1. The fourth-order valence-electron chi connectivity index (χ4n) is 2.96. The van der Waals surface area contributed by atoms with E-state index in [9.17, 15) is 9.59 Å². The number of nitrogens with zero attached hydrogens (tertiary/aromatic N) is 3. The highest BCUT2D eigenvalue weighted by Crippen LogP contribution is 2.24. The Morgan fingerprint density at radius 3 is 2.96 bits per heavy atom. The number of hydrogen-bond acceptors (Lipinski definition) is 4. The molecule has 0 bridgehead atoms. The molecule has 1 aliphatic rings. The Hall–Kier alpha value is -2.15. The van der Waals surface area contributed by atoms with Gasteiger partial charge in [0, 0.05) is 23.5 Å². The van der Waals surface area contributed by atoms with E-state index in [1.54, 1.807) is 17.5 Å². The Morgan fingerprint density at radius 1 is 1.42 bits per heavy atom. The first-order valence-electron chi connectivity index (χ1n) is 8.15. The van der Waals surface area contributed by atoms with Gasteiger partial charge in [-0.05, 0) is 17.5 Å². The van der Waals surface area contributed by atoms with E-state index in [-0.39, 0.29) is 23.8 Å². The molecule has 3 heterocycles. The number of thiophene rings is 1. The number of amides is 2. The van der Waals surface area contributed by atoms with E-state index >= 15 is 0 Å². The first-order chi connectivity index (χ1) is 11.5. The van der Waals surface area contributed by atoms with Crippen LogP contribution in [0.15, 0.2) is 29.8 Å². The highest BCUT2D eigenvalue weighted by Gasteiger charge is 2.30. The molecule has 0 aliphatic carbocycles. The van der Waals surface area contributed by atoms with Gasteiger partial charge in [0.15, 0.2) is 0 Å². The molecule has 2 aromatic heterocycles. The highest BCUT2D eigenvalue weighted by atomic mass is 32.1. The molecule has 0 radical (unpaired) electrons. The monoisotopic (exact) mass is 346 g/mol. The zero-order valence-electron chi connectivity index (χ0n) is 13.9. The van der Waals surface area contributed by atoms with Crippen LogP contribution in [0.3, 0.4) is 0 Å². The second-order valence-corrected chi connectivity index (χ2v) is 7.39. The van der Waals surface area contributed by atoms with Gasteiger partial charge in [-0.2, -0.15) is 5.10 Å². The molecule has 1 aliphatic heterocycles. The normalized spacial score (nSPS) is 17.0. The lowest BCUT2D eigenvalue weighted by Crippen LogP contribution is -2.44. The van der Waals surface area contributed by atoms with Crippen molar-refractivity contribution in [1.29, 1.82) is 0 Å². The van der Waals surface area contributed by atoms with Gasteiger partial charge in [0.25, 0.3) is 0 Å². The van der Waals surface area contributed by atoms with Crippen LogP contribution in [-0.2, 0) is 22.7 Å². The van der Waals surface area contributed by atoms with Gasteiger partial charge in [0.2, 0.25) is 11.8 Å². The van der Waals surface area contributed by atoms with E-state index in [4.69, 9.17) is 0 Å². The predicted octanol–water partition coefficient (Wildman–Crippen LogP) is 2.19. The van der Waals surface area contributed by atoms with Gasteiger partial charge in [-0.3, -0.25) is 14.3 Å². The molecular weight excluding hydrogens is 324 g/mol. The molecule has 3 rings (SSSR count). The van der Waals surface area contributed by atoms with E-state index in [2.05, 4.69) is 10.4 Å². The molecule has 7 heteroatoms. The van der Waals surface area contributed by atoms with Crippen molar-refractivity contribution in [1.82, 2.24) is 20.0 Å². The molecule has 1 atom stereocenters. The second-order valence-electron chi connectivity index (χ2n) is 6.35. The van der Waals surface area contributed by atoms with Crippen molar-refractivity contribution in [3.63, 3.8) is 0 Å². The van der Waals surface area contributed by atoms with E-state index < -0.39 is 0 Å². The van der Waals surface area contributed by atoms with Crippen LogP contribution in [0.5, 0.6) is 0 Å². The lowest BCUT2D eigenvalue weighted by molar-refractivity contribution is -0.137. The molecular formula is C17H22N4O2S. The number of aromatic nitrogens is 2. The van der Waals surface area contributed by atoms with Gasteiger partial charge in [-0.25, -0.2) is 0 Å². The number of nitrogens with one attached hydrogen (secondary N) is 1. The summed E-state index contributed by atoms with van der Waals surface area (Å²) in [6, 6.07) is 5.77. The highest BCUT2D eigenvalue weighted by molar-refractivity contribution is 7.09. The predicted molar refractivity (Wildman–Crippen MR) is 92.3 cm³/mol. The van der Waals surface area contributed by atoms with Crippen molar-refractivity contribution in [2.24, 2.45) is 5.92 Å². The third-order valence-corrected chi connectivity index (χ3v) is 5.02. The molecule has 0 saturated heterocycles. The maximum absolute atomic E-state index is 12.3. The van der Waals surface area contributed by atoms with E-state index in [0.29, 0.717) is 26.1 Å². The Morgan fingerprint density at radius 2 is 2.25 bits per heavy atom. The lowest BCUT2D eigenvalue weighted by atomic mass is 10.1. The molecule has 24 heavy (non-hydrogen) atoms. The van der Waals surface area contributed by atoms with Gasteiger partial charge < -0.3 is 10.2 Å². The van der Waals surface area contributed by atoms with Crippen molar-refractivity contribution in [2.75, 3.05) is 6.54 Å². The van der Waals surface area contributed by atoms with Crippen LogP contribution in [0.25, 0.3) is 0 Å². The average molecular weight is 346 g/mol. The third-order valence-electron chi connectivity index (χ3n) is 4.15. The Bertz CT molecular complexity index is 708. The quantitative estimate of drug-likeness (QED) is 0.902. The molecule has 0 unspecified atom stereocenters. The molecule has 6 nitrogen and oxygen atoms in total. The van der Waals surface area contributed by atoms with Crippen molar-refractivity contribution in [3.05, 3.63) is 40.3 Å². The molecule has 0 aromatic carbocycles. The van der Waals surface area contributed by atoms with Crippen molar-refractivity contribution < 1.29 is 9.59 Å². The zero-order chi connectivity index (χ0) is 17.1. The maximum Gasteiger partial charge on any atom is 0.225 e. The Balaban J connectivity index is 1.65. The summed E-state index contributed by atoms with van der Waals surface area (Å²) in [7, 11) is 0. The van der Waals surface area contributed by atoms with Crippen LogP contribution in [0.1, 0.15) is 36.9 Å². The fraction of sp³-hybridized carbons (Fsp3) is 0.471. The molecule has 128 valence electrons. The zero-order valence-corrected chi connectivity index (χ0v) is 14.8. The number of rotatable bonds is 5. The summed E-state index contributed by atoms with van der Waals surface area (Å²) in [5.41, 5.74) is 0.978. The third kappa shape index (κ3) is 3.67. The van der Waals surface area contributed by atoms with E-state index in [1.807, 2.05) is 47.0 Å². The van der Waals surface area contributed by atoms with Crippen molar-refractivity contribution in [2.45, 2.75) is 39.4 Å². The minimum Gasteiger partial charge on any atom is -0.351 e. The van der Waals surface area contributed by atoms with Gasteiger partial charge in [0.1, 0.15) is 0 Å². The van der Waals surface area contributed by atoms with Gasteiger partial charge in [0.05, 0.1) is 31.2 Å². The summed E-state index contributed by atoms with van der Waals surface area (Å²) in [4.78, 5) is 27.6. The van der Waals surface area contributed by atoms with E-state index in [1.165, 1.54) is 0 Å². The van der Waals surface area contributed by atoms with Crippen LogP contribution >= 0.6 is 11.3 Å². The molecule has 0 spiro atoms. The van der Waals surface area contributed by atoms with Crippen LogP contribution in [-0.4, -0.2) is 33.0 Å². The summed E-state index contributed by atoms with van der Waals surface area (Å²) in [5.74, 6) is 0.0490. The van der Waals surface area contributed by atoms with Crippen LogP contribution in [0.4, 0.5) is 0 Å². The number of carbonyl (C=O) groups excluding carboxylic acids is 2. The minimum atomic E-state index is -0.116. The SMILES string of the molecule is CC(C)C(=O)N1Cc2ccnn2[C@@H](CC(=O)NCc2cccs2)C1. The Labute approximate surface area is 145 Å². The van der Waals surface area contributed by atoms with Crippen LogP contribution in [0.2, 0.25) is 0 Å². The topological polar surface area (TPSA) is 67.2 Å². The summed E-state index contributed by atoms with van der Waals surface area (Å²) in [5, 5.41) is 9.28. The molecule has 2 aromatic rings. The standard InChI is InChI=1S/C17H22N4O2S/c1-12(2)17(23)20-10-13-5-6-19-21(13)14(11-20)8-16(22)18-9-15-4-3-7-24-15/h3-7,12,14H,8-11H2,1-2H3,(H,18,22)/t14-/m0/s1. The number of carbonyl (C=O) groups is 2. The fourth-order valence-corrected chi connectivity index (χ4v) is 3.60. The van der Waals surface area contributed by atoms with Crippen LogP contribution in [0, 0.1) is 5.92 Å². The second kappa shape index (κ2) is 7.17. The van der Waals surface area contributed by atoms with Gasteiger partial charge in [-0.15, -0.1) is 11.3 Å². The summed E-state index contributed by atoms with van der Waals surface area (Å²) in [6.07, 6.45) is 2.05. The minimum absolute atomic E-state index is 0.0197. The summed E-state index contributed by atoms with van der Waals surface area (Å²) < 4.78 is 1.88. The molecule has 0 fully saturated rings. The lowest BCUT2D eigenvalue weighted by Gasteiger charge is -2.34. The summed E-state index contributed by atoms with van der Waals surface area (Å²) >= 11 is 1.62. The van der Waals surface area contributed by atoms with Gasteiger partial charge in [-0.1, -0.05) is 19.9 Å². The first-order valence-corrected chi connectivity index (χ1v) is 9.03. The van der Waals surface area contributed by atoms with E-state index in [0.717, 1.165) is 10.6 Å². The summed E-state index contributed by atoms with van der Waals surface area (Å²) in [6.45, 7) is 5.43. The maximum atomic E-state index is 12.3. The smallest absolute Gasteiger partial charge is 0.225 e. The van der Waals surface area contributed by atoms with Crippen molar-refractivity contribution >= 4 is 23.2 Å². The largest absolute Gasteiger partial charge is 0.351 e. The molecule has 1 N–H and O–H groups in total. The first kappa shape index (κ1) is 16.7. The van der Waals surface area contributed by atoms with Crippen molar-refractivity contribution in [3.8, 4) is 0 Å². The number of hydrogen-bond donors (Lipinski definition) is 1. The Kier molecular flexibility index (Phi) is 4.99. The van der Waals surface area contributed by atoms with Crippen LogP contribution < -0.4 is 5.32 Å². The average Bonchev–Trinajstić information content (AvgIpc) is 3.23. The van der Waals surface area contributed by atoms with Gasteiger partial charge >= 0.3 is 0 Å².